The Morgan fingerprint density at radius 2 is 2.00 bits per heavy atom. The number of rotatable bonds is 8. The molecule has 1 saturated heterocycles. The van der Waals surface area contributed by atoms with Gasteiger partial charge in [-0.15, -0.1) is 12.4 Å². The van der Waals surface area contributed by atoms with Crippen molar-refractivity contribution in [2.24, 2.45) is 5.92 Å². The summed E-state index contributed by atoms with van der Waals surface area (Å²) < 4.78 is 37.8. The lowest BCUT2D eigenvalue weighted by molar-refractivity contribution is -0.119. The van der Waals surface area contributed by atoms with E-state index in [-0.39, 0.29) is 29.1 Å². The van der Waals surface area contributed by atoms with Gasteiger partial charge in [-0.25, -0.2) is 8.42 Å². The summed E-state index contributed by atoms with van der Waals surface area (Å²) in [7, 11) is -1.88. The largest absolute Gasteiger partial charge is 0.492 e. The lowest BCUT2D eigenvalue weighted by Crippen LogP contribution is -2.40. The number of morpholine rings is 1. The molecule has 8 nitrogen and oxygen atoms in total. The highest BCUT2D eigenvalue weighted by Gasteiger charge is 2.27. The third-order valence-electron chi connectivity index (χ3n) is 4.07. The summed E-state index contributed by atoms with van der Waals surface area (Å²) in [5.74, 6) is -0.0337. The monoisotopic (exact) mass is 421 g/mol. The molecule has 10 heteroatoms. The van der Waals surface area contributed by atoms with Gasteiger partial charge in [0.05, 0.1) is 30.4 Å². The molecule has 1 aromatic carbocycles. The van der Waals surface area contributed by atoms with Crippen LogP contribution in [0.25, 0.3) is 0 Å². The van der Waals surface area contributed by atoms with E-state index in [0.29, 0.717) is 50.9 Å². The predicted molar refractivity (Wildman–Crippen MR) is 106 cm³/mol. The van der Waals surface area contributed by atoms with Gasteiger partial charge in [0.1, 0.15) is 5.75 Å². The van der Waals surface area contributed by atoms with E-state index in [1.165, 1.54) is 16.4 Å². The SMILES string of the molecule is CCOc1ccc(S(=O)(=O)N2CCOCC2)cc1NC(=O)C(C)CNC.Cl. The predicted octanol–water partition coefficient (Wildman–Crippen LogP) is 1.32. The zero-order valence-corrected chi connectivity index (χ0v) is 17.5. The van der Waals surface area contributed by atoms with Gasteiger partial charge in [0.15, 0.2) is 0 Å². The molecule has 1 aromatic rings. The highest BCUT2D eigenvalue weighted by atomic mass is 35.5. The Bertz CT molecular complexity index is 723. The van der Waals surface area contributed by atoms with Gasteiger partial charge in [-0.2, -0.15) is 4.31 Å². The fourth-order valence-corrected chi connectivity index (χ4v) is 4.07. The van der Waals surface area contributed by atoms with Gasteiger partial charge in [0, 0.05) is 25.6 Å². The molecule has 1 atom stereocenters. The third kappa shape index (κ3) is 6.05. The Morgan fingerprint density at radius 1 is 1.33 bits per heavy atom. The lowest BCUT2D eigenvalue weighted by Gasteiger charge is -2.26. The molecule has 1 heterocycles. The van der Waals surface area contributed by atoms with Crippen LogP contribution in [0.1, 0.15) is 13.8 Å². The van der Waals surface area contributed by atoms with E-state index in [1.54, 1.807) is 20.0 Å². The van der Waals surface area contributed by atoms with Crippen LogP contribution in [-0.2, 0) is 19.6 Å². The maximum atomic E-state index is 12.8. The number of carbonyl (C=O) groups is 1. The van der Waals surface area contributed by atoms with Crippen LogP contribution in [0.4, 0.5) is 5.69 Å². The average Bonchev–Trinajstić information content (AvgIpc) is 2.64. The van der Waals surface area contributed by atoms with E-state index < -0.39 is 10.0 Å². The van der Waals surface area contributed by atoms with Crippen molar-refractivity contribution in [1.29, 1.82) is 0 Å². The van der Waals surface area contributed by atoms with Gasteiger partial charge in [-0.05, 0) is 32.2 Å². The van der Waals surface area contributed by atoms with Crippen LogP contribution in [0, 0.1) is 5.92 Å². The lowest BCUT2D eigenvalue weighted by atomic mass is 10.1. The Balaban J connectivity index is 0.00000364. The normalized spacial score (nSPS) is 16.3. The van der Waals surface area contributed by atoms with Gasteiger partial charge >= 0.3 is 0 Å². The van der Waals surface area contributed by atoms with Crippen LogP contribution >= 0.6 is 12.4 Å². The molecule has 1 amide bonds. The standard InChI is InChI=1S/C17H27N3O5S.ClH/c1-4-25-16-6-5-14(26(22,23)20-7-9-24-10-8-20)11-15(16)19-17(21)13(2)12-18-3;/h5-6,11,13,18H,4,7-10,12H2,1-3H3,(H,19,21);1H. The van der Waals surface area contributed by atoms with Gasteiger partial charge in [-0.1, -0.05) is 6.92 Å². The zero-order valence-electron chi connectivity index (χ0n) is 15.9. The second-order valence-corrected chi connectivity index (χ2v) is 7.99. The molecule has 0 saturated carbocycles. The maximum Gasteiger partial charge on any atom is 0.243 e. The van der Waals surface area contributed by atoms with Crippen LogP contribution in [0.3, 0.4) is 0 Å². The minimum atomic E-state index is -3.65. The van der Waals surface area contributed by atoms with Gasteiger partial charge in [-0.3, -0.25) is 4.79 Å². The number of ether oxygens (including phenoxy) is 2. The maximum absolute atomic E-state index is 12.8. The van der Waals surface area contributed by atoms with Crippen molar-refractivity contribution in [2.45, 2.75) is 18.7 Å². The molecule has 1 unspecified atom stereocenters. The van der Waals surface area contributed by atoms with Gasteiger partial charge in [0.2, 0.25) is 15.9 Å². The smallest absolute Gasteiger partial charge is 0.243 e. The second-order valence-electron chi connectivity index (χ2n) is 6.06. The summed E-state index contributed by atoms with van der Waals surface area (Å²) in [6.45, 7) is 5.93. The number of halogens is 1. The molecule has 2 N–H and O–H groups in total. The van der Waals surface area contributed by atoms with E-state index >= 15 is 0 Å². The van der Waals surface area contributed by atoms with Crippen molar-refractivity contribution >= 4 is 34.0 Å². The molecule has 0 aromatic heterocycles. The van der Waals surface area contributed by atoms with Crippen LogP contribution < -0.4 is 15.4 Å². The second kappa shape index (κ2) is 10.8. The van der Waals surface area contributed by atoms with Crippen LogP contribution in [0.5, 0.6) is 5.75 Å². The van der Waals surface area contributed by atoms with E-state index in [4.69, 9.17) is 9.47 Å². The summed E-state index contributed by atoms with van der Waals surface area (Å²) in [6, 6.07) is 4.54. The van der Waals surface area contributed by atoms with Crippen molar-refractivity contribution in [3.05, 3.63) is 18.2 Å². The minimum absolute atomic E-state index is 0. The molecular weight excluding hydrogens is 394 g/mol. The highest BCUT2D eigenvalue weighted by Crippen LogP contribution is 2.30. The van der Waals surface area contributed by atoms with Gasteiger partial charge < -0.3 is 20.1 Å². The quantitative estimate of drug-likeness (QED) is 0.657. The Kier molecular flexibility index (Phi) is 9.48. The number of hydrogen-bond acceptors (Lipinski definition) is 6. The topological polar surface area (TPSA) is 97.0 Å². The fraction of sp³-hybridized carbons (Fsp3) is 0.588. The molecular formula is C17H28ClN3O5S. The third-order valence-corrected chi connectivity index (χ3v) is 5.97. The molecule has 154 valence electrons. The van der Waals surface area contributed by atoms with Crippen LogP contribution in [-0.4, -0.2) is 65.1 Å². The van der Waals surface area contributed by atoms with E-state index in [0.717, 1.165) is 0 Å². The fourth-order valence-electron chi connectivity index (χ4n) is 2.64. The van der Waals surface area contributed by atoms with Crippen molar-refractivity contribution < 1.29 is 22.7 Å². The van der Waals surface area contributed by atoms with Crippen LogP contribution in [0.15, 0.2) is 23.1 Å². The van der Waals surface area contributed by atoms with Crippen molar-refractivity contribution in [1.82, 2.24) is 9.62 Å². The van der Waals surface area contributed by atoms with E-state index in [9.17, 15) is 13.2 Å². The first kappa shape index (κ1) is 23.6. The minimum Gasteiger partial charge on any atom is -0.492 e. The molecule has 2 rings (SSSR count). The van der Waals surface area contributed by atoms with Crippen molar-refractivity contribution in [3.8, 4) is 5.75 Å². The first-order chi connectivity index (χ1) is 12.4. The Morgan fingerprint density at radius 3 is 2.59 bits per heavy atom. The zero-order chi connectivity index (χ0) is 19.2. The first-order valence-electron chi connectivity index (χ1n) is 8.70. The summed E-state index contributed by atoms with van der Waals surface area (Å²) in [4.78, 5) is 12.5. The molecule has 0 radical (unpaired) electrons. The van der Waals surface area contributed by atoms with E-state index in [2.05, 4.69) is 10.6 Å². The Labute approximate surface area is 167 Å². The van der Waals surface area contributed by atoms with Crippen molar-refractivity contribution in [2.75, 3.05) is 51.8 Å². The molecule has 0 aliphatic carbocycles. The van der Waals surface area contributed by atoms with E-state index in [1.807, 2.05) is 6.92 Å². The number of nitrogens with one attached hydrogen (secondary N) is 2. The number of benzene rings is 1. The van der Waals surface area contributed by atoms with Gasteiger partial charge in [0.25, 0.3) is 0 Å². The number of sulfonamides is 1. The first-order valence-corrected chi connectivity index (χ1v) is 10.1. The molecule has 0 bridgehead atoms. The number of carbonyl (C=O) groups excluding carboxylic acids is 1. The number of hydrogen-bond donors (Lipinski definition) is 2. The summed E-state index contributed by atoms with van der Waals surface area (Å²) >= 11 is 0. The molecule has 1 fully saturated rings. The summed E-state index contributed by atoms with van der Waals surface area (Å²) in [6.07, 6.45) is 0. The van der Waals surface area contributed by atoms with Crippen LogP contribution in [0.2, 0.25) is 0 Å². The average molecular weight is 422 g/mol. The Hall–Kier alpha value is -1.39. The number of amides is 1. The summed E-state index contributed by atoms with van der Waals surface area (Å²) in [5.41, 5.74) is 0.356. The number of nitrogens with zero attached hydrogens (tertiary/aromatic N) is 1. The molecule has 1 aliphatic heterocycles. The summed E-state index contributed by atoms with van der Waals surface area (Å²) in [5, 5.41) is 5.73. The molecule has 0 spiro atoms. The molecule has 1 aliphatic rings. The highest BCUT2D eigenvalue weighted by molar-refractivity contribution is 7.89. The van der Waals surface area contributed by atoms with Crippen molar-refractivity contribution in [3.63, 3.8) is 0 Å². The molecule has 27 heavy (non-hydrogen) atoms. The number of anilines is 1.